The summed E-state index contributed by atoms with van der Waals surface area (Å²) in [6, 6.07) is 8.17. The fourth-order valence-electron chi connectivity index (χ4n) is 2.48. The van der Waals surface area contributed by atoms with Crippen LogP contribution in [0, 0.1) is 0 Å². The van der Waals surface area contributed by atoms with Crippen molar-refractivity contribution in [1.29, 1.82) is 0 Å². The summed E-state index contributed by atoms with van der Waals surface area (Å²) in [5, 5.41) is 11.7. The fourth-order valence-corrected chi connectivity index (χ4v) is 2.48. The highest BCUT2D eigenvalue weighted by atomic mass is 16.5. The number of hydrogen-bond acceptors (Lipinski definition) is 4. The van der Waals surface area contributed by atoms with Gasteiger partial charge in [0.2, 0.25) is 0 Å². The maximum absolute atomic E-state index is 8.66. The number of fused-ring (bicyclic) bond motifs is 1. The molecule has 1 unspecified atom stereocenters. The van der Waals surface area contributed by atoms with Crippen LogP contribution in [0.1, 0.15) is 24.8 Å². The van der Waals surface area contributed by atoms with Gasteiger partial charge in [-0.25, -0.2) is 0 Å². The number of nitrogens with zero attached hydrogens (tertiary/aromatic N) is 2. The molecule has 1 aromatic rings. The monoisotopic (exact) mass is 263 g/mol. The standard InChI is InChI=1S/C14H21N3O2/c1-2-17(10-14(15)16-18)9-11-7-8-19-13-6-4-3-5-12(11)13/h3-6,11,18H,2,7-10H2,1H3,(H2,15,16). The van der Waals surface area contributed by atoms with Gasteiger partial charge in [0.25, 0.3) is 0 Å². The maximum atomic E-state index is 8.66. The Morgan fingerprint density at radius 2 is 2.32 bits per heavy atom. The largest absolute Gasteiger partial charge is 0.493 e. The summed E-state index contributed by atoms with van der Waals surface area (Å²) in [6.07, 6.45) is 1.00. The topological polar surface area (TPSA) is 71.1 Å². The minimum absolute atomic E-state index is 0.252. The number of oxime groups is 1. The van der Waals surface area contributed by atoms with Gasteiger partial charge in [-0.05, 0) is 24.6 Å². The molecular formula is C14H21N3O2. The van der Waals surface area contributed by atoms with E-state index in [-0.39, 0.29) is 5.84 Å². The van der Waals surface area contributed by atoms with E-state index in [0.29, 0.717) is 12.5 Å². The van der Waals surface area contributed by atoms with Crippen LogP contribution in [0.5, 0.6) is 5.75 Å². The lowest BCUT2D eigenvalue weighted by molar-refractivity contribution is 0.227. The first-order valence-electron chi connectivity index (χ1n) is 6.65. The molecule has 2 rings (SSSR count). The van der Waals surface area contributed by atoms with Gasteiger partial charge in [-0.1, -0.05) is 30.3 Å². The summed E-state index contributed by atoms with van der Waals surface area (Å²) in [5.74, 6) is 1.68. The number of para-hydroxylation sites is 1. The predicted molar refractivity (Wildman–Crippen MR) is 74.8 cm³/mol. The summed E-state index contributed by atoms with van der Waals surface area (Å²) in [6.45, 7) is 5.09. The molecule has 0 saturated heterocycles. The van der Waals surface area contributed by atoms with Crippen LogP contribution in [0.2, 0.25) is 0 Å². The number of hydrogen-bond donors (Lipinski definition) is 2. The van der Waals surface area contributed by atoms with E-state index in [1.54, 1.807) is 0 Å². The van der Waals surface area contributed by atoms with Gasteiger partial charge >= 0.3 is 0 Å². The number of rotatable bonds is 5. The maximum Gasteiger partial charge on any atom is 0.153 e. The second-order valence-corrected chi connectivity index (χ2v) is 4.79. The van der Waals surface area contributed by atoms with Gasteiger partial charge in [-0.3, -0.25) is 4.90 Å². The van der Waals surface area contributed by atoms with Crippen molar-refractivity contribution < 1.29 is 9.94 Å². The Kier molecular flexibility index (Phi) is 4.63. The lowest BCUT2D eigenvalue weighted by Crippen LogP contribution is -2.37. The quantitative estimate of drug-likeness (QED) is 0.366. The Morgan fingerprint density at radius 1 is 1.53 bits per heavy atom. The molecule has 0 saturated carbocycles. The molecule has 1 aliphatic rings. The second kappa shape index (κ2) is 6.43. The van der Waals surface area contributed by atoms with Crippen LogP contribution in [-0.2, 0) is 0 Å². The summed E-state index contributed by atoms with van der Waals surface area (Å²) in [7, 11) is 0. The zero-order chi connectivity index (χ0) is 13.7. The number of benzene rings is 1. The third kappa shape index (κ3) is 3.38. The second-order valence-electron chi connectivity index (χ2n) is 4.79. The summed E-state index contributed by atoms with van der Waals surface area (Å²) in [4.78, 5) is 2.18. The minimum Gasteiger partial charge on any atom is -0.493 e. The zero-order valence-electron chi connectivity index (χ0n) is 11.2. The van der Waals surface area contributed by atoms with E-state index in [4.69, 9.17) is 15.7 Å². The molecule has 1 aromatic carbocycles. The molecule has 0 radical (unpaired) electrons. The summed E-state index contributed by atoms with van der Waals surface area (Å²) < 4.78 is 5.66. The molecule has 3 N–H and O–H groups in total. The normalized spacial score (nSPS) is 19.1. The lowest BCUT2D eigenvalue weighted by Gasteiger charge is -2.30. The van der Waals surface area contributed by atoms with Gasteiger partial charge in [0.15, 0.2) is 5.84 Å². The Balaban J connectivity index is 2.06. The smallest absolute Gasteiger partial charge is 0.153 e. The highest BCUT2D eigenvalue weighted by Crippen LogP contribution is 2.33. The molecule has 0 aromatic heterocycles. The molecule has 104 valence electrons. The van der Waals surface area contributed by atoms with Gasteiger partial charge in [0.05, 0.1) is 13.2 Å². The molecule has 1 atom stereocenters. The van der Waals surface area contributed by atoms with Crippen LogP contribution in [0.15, 0.2) is 29.4 Å². The highest BCUT2D eigenvalue weighted by Gasteiger charge is 2.23. The molecule has 1 heterocycles. The van der Waals surface area contributed by atoms with E-state index >= 15 is 0 Å². The fraction of sp³-hybridized carbons (Fsp3) is 0.500. The molecule has 5 heteroatoms. The van der Waals surface area contributed by atoms with Crippen LogP contribution in [0.3, 0.4) is 0 Å². The van der Waals surface area contributed by atoms with E-state index in [2.05, 4.69) is 23.0 Å². The Morgan fingerprint density at radius 3 is 3.05 bits per heavy atom. The Hall–Kier alpha value is -1.75. The molecule has 0 aliphatic carbocycles. The van der Waals surface area contributed by atoms with E-state index in [1.165, 1.54) is 5.56 Å². The van der Waals surface area contributed by atoms with Crippen molar-refractivity contribution in [3.63, 3.8) is 0 Å². The van der Waals surface area contributed by atoms with Gasteiger partial charge in [-0.15, -0.1) is 0 Å². The molecule has 1 aliphatic heterocycles. The number of nitrogens with two attached hydrogens (primary N) is 1. The molecule has 19 heavy (non-hydrogen) atoms. The first-order chi connectivity index (χ1) is 9.24. The Labute approximate surface area is 113 Å². The minimum atomic E-state index is 0.252. The molecular weight excluding hydrogens is 242 g/mol. The van der Waals surface area contributed by atoms with Crippen molar-refractivity contribution in [1.82, 2.24) is 4.90 Å². The van der Waals surface area contributed by atoms with Gasteiger partial charge in [-0.2, -0.15) is 0 Å². The van der Waals surface area contributed by atoms with Crippen LogP contribution >= 0.6 is 0 Å². The third-order valence-electron chi connectivity index (χ3n) is 3.52. The molecule has 0 amide bonds. The van der Waals surface area contributed by atoms with Crippen molar-refractivity contribution in [3.05, 3.63) is 29.8 Å². The van der Waals surface area contributed by atoms with E-state index in [1.807, 2.05) is 18.2 Å². The third-order valence-corrected chi connectivity index (χ3v) is 3.52. The lowest BCUT2D eigenvalue weighted by atomic mass is 9.92. The molecule has 0 spiro atoms. The number of likely N-dealkylation sites (N-methyl/N-ethyl adjacent to an activating group) is 1. The van der Waals surface area contributed by atoms with E-state index < -0.39 is 0 Å². The van der Waals surface area contributed by atoms with Crippen LogP contribution in [-0.4, -0.2) is 42.2 Å². The van der Waals surface area contributed by atoms with E-state index in [0.717, 1.165) is 31.9 Å². The summed E-state index contributed by atoms with van der Waals surface area (Å²) >= 11 is 0. The predicted octanol–water partition coefficient (Wildman–Crippen LogP) is 1.62. The van der Waals surface area contributed by atoms with E-state index in [9.17, 15) is 0 Å². The average molecular weight is 263 g/mol. The van der Waals surface area contributed by atoms with Gasteiger partial charge in [0.1, 0.15) is 5.75 Å². The van der Waals surface area contributed by atoms with Crippen molar-refractivity contribution in [2.75, 3.05) is 26.2 Å². The molecule has 5 nitrogen and oxygen atoms in total. The first kappa shape index (κ1) is 13.7. The highest BCUT2D eigenvalue weighted by molar-refractivity contribution is 5.81. The van der Waals surface area contributed by atoms with Crippen molar-refractivity contribution in [3.8, 4) is 5.75 Å². The number of ether oxygens (including phenoxy) is 1. The van der Waals surface area contributed by atoms with Crippen molar-refractivity contribution in [2.24, 2.45) is 10.9 Å². The van der Waals surface area contributed by atoms with Crippen LogP contribution in [0.25, 0.3) is 0 Å². The number of amidine groups is 1. The van der Waals surface area contributed by atoms with Gasteiger partial charge in [0, 0.05) is 12.5 Å². The Bertz CT molecular complexity index is 448. The summed E-state index contributed by atoms with van der Waals surface area (Å²) in [5.41, 5.74) is 6.84. The van der Waals surface area contributed by atoms with Crippen molar-refractivity contribution in [2.45, 2.75) is 19.3 Å². The van der Waals surface area contributed by atoms with Gasteiger partial charge < -0.3 is 15.7 Å². The first-order valence-corrected chi connectivity index (χ1v) is 6.65. The average Bonchev–Trinajstić information content (AvgIpc) is 2.46. The van der Waals surface area contributed by atoms with Crippen LogP contribution < -0.4 is 10.5 Å². The SMILES string of the molecule is CCN(C/C(N)=N/O)CC1CCOc2ccccc21. The zero-order valence-corrected chi connectivity index (χ0v) is 11.2. The molecule has 0 bridgehead atoms. The van der Waals surface area contributed by atoms with Crippen molar-refractivity contribution >= 4 is 5.84 Å². The molecule has 0 fully saturated rings. The van der Waals surface area contributed by atoms with Crippen LogP contribution in [0.4, 0.5) is 0 Å².